The molecule has 0 saturated heterocycles. The highest BCUT2D eigenvalue weighted by molar-refractivity contribution is 6.24. The van der Waals surface area contributed by atoms with Crippen molar-refractivity contribution in [1.82, 2.24) is 5.32 Å². The van der Waals surface area contributed by atoms with Crippen molar-refractivity contribution in [2.75, 3.05) is 0 Å². The van der Waals surface area contributed by atoms with Gasteiger partial charge in [-0.2, -0.15) is 0 Å². The molecular weight excluding hydrogens is 615 g/mol. The molecule has 1 unspecified atom stereocenters. The largest absolute Gasteiger partial charge is 0.456 e. The van der Waals surface area contributed by atoms with E-state index in [9.17, 15) is 0 Å². The molecule has 1 atom stereocenters. The zero-order valence-corrected chi connectivity index (χ0v) is 26.9. The topological polar surface area (TPSA) is 63.0 Å². The van der Waals surface area contributed by atoms with E-state index >= 15 is 0 Å². The summed E-state index contributed by atoms with van der Waals surface area (Å²) in [5.74, 6) is 1.42. The monoisotopic (exact) mass is 643 g/mol. The van der Waals surface area contributed by atoms with Gasteiger partial charge in [0.2, 0.25) is 0 Å². The Hall–Kier alpha value is -6.72. The first-order valence-corrected chi connectivity index (χ1v) is 16.8. The summed E-state index contributed by atoms with van der Waals surface area (Å²) in [5.41, 5.74) is 10.8. The molecule has 0 radical (unpaired) electrons. The van der Waals surface area contributed by atoms with Crippen LogP contribution >= 0.6 is 0 Å². The normalized spacial score (nSPS) is 14.6. The number of fused-ring (bicyclic) bond motifs is 6. The van der Waals surface area contributed by atoms with Crippen molar-refractivity contribution in [2.45, 2.75) is 6.17 Å². The van der Waals surface area contributed by atoms with Crippen molar-refractivity contribution < 1.29 is 8.83 Å². The molecule has 1 aliphatic rings. The Morgan fingerprint density at radius 1 is 0.440 bits per heavy atom. The SMILES string of the molecule is c1ccc(C2=NC(c3ccc(-c4ccccc4)cc3)NC(c3cccc4oc5cccc(-c6ccc7c(c6)oc6ccccc67)c5c34)=N2)cc1. The van der Waals surface area contributed by atoms with E-state index in [1.165, 1.54) is 5.56 Å². The Balaban J connectivity index is 1.12. The summed E-state index contributed by atoms with van der Waals surface area (Å²) in [6.07, 6.45) is -0.342. The fourth-order valence-corrected chi connectivity index (χ4v) is 7.16. The average Bonchev–Trinajstić information content (AvgIpc) is 3.77. The van der Waals surface area contributed by atoms with Crippen LogP contribution in [-0.4, -0.2) is 11.7 Å². The maximum atomic E-state index is 6.52. The van der Waals surface area contributed by atoms with E-state index in [1.807, 2.05) is 66.7 Å². The van der Waals surface area contributed by atoms with Crippen LogP contribution in [0.3, 0.4) is 0 Å². The highest BCUT2D eigenvalue weighted by Crippen LogP contribution is 2.40. The first-order valence-electron chi connectivity index (χ1n) is 16.8. The molecule has 236 valence electrons. The molecule has 0 saturated carbocycles. The van der Waals surface area contributed by atoms with E-state index in [1.54, 1.807) is 0 Å². The van der Waals surface area contributed by atoms with Gasteiger partial charge in [-0.15, -0.1) is 0 Å². The van der Waals surface area contributed by atoms with Crippen LogP contribution in [0.1, 0.15) is 22.9 Å². The van der Waals surface area contributed by atoms with Gasteiger partial charge < -0.3 is 14.2 Å². The molecule has 10 rings (SSSR count). The molecule has 0 spiro atoms. The Kier molecular flexibility index (Phi) is 6.49. The first-order chi connectivity index (χ1) is 24.8. The summed E-state index contributed by atoms with van der Waals surface area (Å²) in [4.78, 5) is 10.3. The van der Waals surface area contributed by atoms with E-state index in [-0.39, 0.29) is 6.17 Å². The summed E-state index contributed by atoms with van der Waals surface area (Å²) in [5, 5.41) is 7.95. The minimum atomic E-state index is -0.342. The van der Waals surface area contributed by atoms with E-state index in [2.05, 4.69) is 102 Å². The van der Waals surface area contributed by atoms with Gasteiger partial charge in [-0.1, -0.05) is 133 Å². The smallest absolute Gasteiger partial charge is 0.159 e. The number of para-hydroxylation sites is 1. The van der Waals surface area contributed by atoms with Crippen LogP contribution in [0, 0.1) is 0 Å². The molecule has 50 heavy (non-hydrogen) atoms. The van der Waals surface area contributed by atoms with Gasteiger partial charge in [0.25, 0.3) is 0 Å². The lowest BCUT2D eigenvalue weighted by Crippen LogP contribution is -2.33. The molecule has 0 fully saturated rings. The van der Waals surface area contributed by atoms with Crippen molar-refractivity contribution in [1.29, 1.82) is 0 Å². The number of amidine groups is 2. The molecular formula is C45H29N3O2. The summed E-state index contributed by atoms with van der Waals surface area (Å²) < 4.78 is 12.8. The first kappa shape index (κ1) is 28.3. The van der Waals surface area contributed by atoms with Crippen LogP contribution in [0.2, 0.25) is 0 Å². The van der Waals surface area contributed by atoms with Crippen LogP contribution in [0.25, 0.3) is 66.1 Å². The fraction of sp³-hybridized carbons (Fsp3) is 0.0222. The molecule has 0 bridgehead atoms. The summed E-state index contributed by atoms with van der Waals surface area (Å²) in [7, 11) is 0. The Bertz CT molecular complexity index is 2770. The van der Waals surface area contributed by atoms with Crippen molar-refractivity contribution in [3.05, 3.63) is 180 Å². The van der Waals surface area contributed by atoms with Crippen molar-refractivity contribution in [3.63, 3.8) is 0 Å². The average molecular weight is 644 g/mol. The Morgan fingerprint density at radius 2 is 1.02 bits per heavy atom. The molecule has 1 aliphatic heterocycles. The number of nitrogens with zero attached hydrogens (tertiary/aromatic N) is 2. The Morgan fingerprint density at radius 3 is 1.80 bits per heavy atom. The van der Waals surface area contributed by atoms with Gasteiger partial charge in [-0.3, -0.25) is 0 Å². The lowest BCUT2D eigenvalue weighted by Gasteiger charge is -2.24. The molecule has 2 aromatic heterocycles. The quantitative estimate of drug-likeness (QED) is 0.203. The van der Waals surface area contributed by atoms with Gasteiger partial charge in [-0.05, 0) is 58.1 Å². The van der Waals surface area contributed by atoms with E-state index in [4.69, 9.17) is 18.8 Å². The lowest BCUT2D eigenvalue weighted by atomic mass is 9.96. The number of benzene rings is 7. The van der Waals surface area contributed by atoms with Crippen molar-refractivity contribution in [2.24, 2.45) is 9.98 Å². The Labute approximate surface area is 287 Å². The number of hydrogen-bond acceptors (Lipinski definition) is 5. The molecule has 3 heterocycles. The van der Waals surface area contributed by atoms with Crippen LogP contribution in [0.15, 0.2) is 183 Å². The zero-order chi connectivity index (χ0) is 33.0. The van der Waals surface area contributed by atoms with E-state index in [0.717, 1.165) is 83.1 Å². The summed E-state index contributed by atoms with van der Waals surface area (Å²) in [6.45, 7) is 0. The van der Waals surface area contributed by atoms with Gasteiger partial charge >= 0.3 is 0 Å². The van der Waals surface area contributed by atoms with Gasteiger partial charge in [0.05, 0.1) is 0 Å². The third-order valence-corrected chi connectivity index (χ3v) is 9.58. The third-order valence-electron chi connectivity index (χ3n) is 9.58. The number of nitrogens with one attached hydrogen (secondary N) is 1. The highest BCUT2D eigenvalue weighted by atomic mass is 16.3. The van der Waals surface area contributed by atoms with E-state index < -0.39 is 0 Å². The second-order valence-corrected chi connectivity index (χ2v) is 12.6. The standard InChI is InChI=1S/C45H29N3O2/c1-3-11-28(12-4-1)29-21-23-31(24-22-29)44-46-43(30-13-5-2-6-14-30)47-45(48-44)36-17-10-20-39-42(36)41-33(16-9-19-38(41)50-39)32-25-26-35-34-15-7-8-18-37(34)49-40(35)27-32/h1-27,44H,(H,46,47,48). The predicted molar refractivity (Wildman–Crippen MR) is 204 cm³/mol. The number of aliphatic imine (C=N–C) groups is 2. The molecule has 1 N–H and O–H groups in total. The number of hydrogen-bond donors (Lipinski definition) is 1. The minimum absolute atomic E-state index is 0.342. The highest BCUT2D eigenvalue weighted by Gasteiger charge is 2.25. The molecule has 9 aromatic rings. The second-order valence-electron chi connectivity index (χ2n) is 12.6. The molecule has 0 amide bonds. The third kappa shape index (κ3) is 4.71. The van der Waals surface area contributed by atoms with Gasteiger partial charge in [-0.25, -0.2) is 9.98 Å². The molecule has 0 aliphatic carbocycles. The van der Waals surface area contributed by atoms with Gasteiger partial charge in [0.15, 0.2) is 5.84 Å². The van der Waals surface area contributed by atoms with E-state index in [0.29, 0.717) is 5.84 Å². The summed E-state index contributed by atoms with van der Waals surface area (Å²) >= 11 is 0. The van der Waals surface area contributed by atoms with Crippen LogP contribution in [0.5, 0.6) is 0 Å². The van der Waals surface area contributed by atoms with Crippen LogP contribution < -0.4 is 5.32 Å². The van der Waals surface area contributed by atoms with Crippen molar-refractivity contribution in [3.8, 4) is 22.3 Å². The predicted octanol–water partition coefficient (Wildman–Crippen LogP) is 11.3. The minimum Gasteiger partial charge on any atom is -0.456 e. The number of furan rings is 2. The maximum absolute atomic E-state index is 6.52. The van der Waals surface area contributed by atoms with Crippen molar-refractivity contribution >= 4 is 55.5 Å². The summed E-state index contributed by atoms with van der Waals surface area (Å²) in [6, 6.07) is 56.3. The second kappa shape index (κ2) is 11.5. The lowest BCUT2D eigenvalue weighted by molar-refractivity contribution is 0.667. The van der Waals surface area contributed by atoms with Gasteiger partial charge in [0, 0.05) is 32.7 Å². The van der Waals surface area contributed by atoms with Crippen LogP contribution in [-0.2, 0) is 0 Å². The fourth-order valence-electron chi connectivity index (χ4n) is 7.16. The van der Waals surface area contributed by atoms with Crippen LogP contribution in [0.4, 0.5) is 0 Å². The molecule has 5 nitrogen and oxygen atoms in total. The molecule has 7 aromatic carbocycles. The zero-order valence-electron chi connectivity index (χ0n) is 26.9. The van der Waals surface area contributed by atoms with Gasteiger partial charge in [0.1, 0.15) is 34.3 Å². The number of rotatable bonds is 5. The molecule has 5 heteroatoms. The maximum Gasteiger partial charge on any atom is 0.159 e.